The van der Waals surface area contributed by atoms with Gasteiger partial charge in [0, 0.05) is 32.8 Å². The van der Waals surface area contributed by atoms with Crippen molar-refractivity contribution < 1.29 is 19.4 Å². The van der Waals surface area contributed by atoms with Crippen LogP contribution in [0.1, 0.15) is 26.7 Å². The lowest BCUT2D eigenvalue weighted by molar-refractivity contribution is -0.143. The number of hydrogen-bond acceptors (Lipinski definition) is 3. The predicted octanol–water partition coefficient (Wildman–Crippen LogP) is 1.41. The number of rotatable bonds is 3. The number of nitrogens with one attached hydrogen (secondary N) is 1. The van der Waals surface area contributed by atoms with Crippen LogP contribution in [0, 0.1) is 23.7 Å². The fraction of sp³-hybridized carbons (Fsp3) is 0.867. The summed E-state index contributed by atoms with van der Waals surface area (Å²) in [5.41, 5.74) is 0. The molecule has 21 heavy (non-hydrogen) atoms. The number of carboxylic acids is 1. The van der Waals surface area contributed by atoms with E-state index in [4.69, 9.17) is 9.84 Å². The van der Waals surface area contributed by atoms with Crippen LogP contribution in [0.25, 0.3) is 0 Å². The van der Waals surface area contributed by atoms with Crippen LogP contribution in [0.4, 0.5) is 4.79 Å². The zero-order valence-corrected chi connectivity index (χ0v) is 12.9. The van der Waals surface area contributed by atoms with E-state index < -0.39 is 11.9 Å². The Balaban J connectivity index is 1.83. The molecule has 2 aliphatic rings. The van der Waals surface area contributed by atoms with Crippen molar-refractivity contribution in [2.24, 2.45) is 23.7 Å². The van der Waals surface area contributed by atoms with Crippen LogP contribution >= 0.6 is 0 Å². The Morgan fingerprint density at radius 1 is 1.33 bits per heavy atom. The molecule has 6 nitrogen and oxygen atoms in total. The zero-order valence-electron chi connectivity index (χ0n) is 12.9. The van der Waals surface area contributed by atoms with Crippen molar-refractivity contribution in [2.75, 3.05) is 32.8 Å². The van der Waals surface area contributed by atoms with Gasteiger partial charge >= 0.3 is 12.0 Å². The van der Waals surface area contributed by atoms with Gasteiger partial charge < -0.3 is 20.1 Å². The molecule has 0 bridgehead atoms. The number of nitrogens with zero attached hydrogens (tertiary/aromatic N) is 1. The molecule has 2 heterocycles. The van der Waals surface area contributed by atoms with Gasteiger partial charge in [-0.3, -0.25) is 4.79 Å². The van der Waals surface area contributed by atoms with Crippen molar-refractivity contribution >= 4 is 12.0 Å². The van der Waals surface area contributed by atoms with Gasteiger partial charge in [-0.15, -0.1) is 0 Å². The van der Waals surface area contributed by atoms with Gasteiger partial charge in [0.05, 0.1) is 5.92 Å². The topological polar surface area (TPSA) is 78.9 Å². The van der Waals surface area contributed by atoms with E-state index in [2.05, 4.69) is 12.2 Å². The number of urea groups is 1. The van der Waals surface area contributed by atoms with E-state index in [9.17, 15) is 9.59 Å². The number of piperidine rings is 1. The van der Waals surface area contributed by atoms with E-state index in [1.54, 1.807) is 4.90 Å². The summed E-state index contributed by atoms with van der Waals surface area (Å²) in [7, 11) is 0. The molecule has 4 atom stereocenters. The second kappa shape index (κ2) is 7.11. The van der Waals surface area contributed by atoms with Crippen LogP contribution < -0.4 is 5.32 Å². The van der Waals surface area contributed by atoms with Crippen LogP contribution in [0.2, 0.25) is 0 Å². The standard InChI is InChI=1S/C15H26N2O4/c1-10-5-13(14(18)19)8-17(7-10)15(20)16-6-12-3-4-21-9-11(12)2/h10-13H,3-9H2,1-2H3,(H,16,20)(H,18,19). The summed E-state index contributed by atoms with van der Waals surface area (Å²) in [6.45, 7) is 7.24. The highest BCUT2D eigenvalue weighted by Gasteiger charge is 2.32. The number of ether oxygens (including phenoxy) is 1. The third-order valence-corrected chi connectivity index (χ3v) is 4.63. The minimum Gasteiger partial charge on any atom is -0.481 e. The zero-order chi connectivity index (χ0) is 15.4. The van der Waals surface area contributed by atoms with Crippen LogP contribution in [-0.4, -0.2) is 54.9 Å². The van der Waals surface area contributed by atoms with E-state index in [-0.39, 0.29) is 11.9 Å². The smallest absolute Gasteiger partial charge is 0.317 e. The van der Waals surface area contributed by atoms with Gasteiger partial charge in [-0.1, -0.05) is 13.8 Å². The van der Waals surface area contributed by atoms with Crippen molar-refractivity contribution in [3.05, 3.63) is 0 Å². The summed E-state index contributed by atoms with van der Waals surface area (Å²) >= 11 is 0. The van der Waals surface area contributed by atoms with Crippen molar-refractivity contribution in [1.82, 2.24) is 10.2 Å². The molecule has 0 aliphatic carbocycles. The second-order valence-corrected chi connectivity index (χ2v) is 6.57. The maximum absolute atomic E-state index is 12.3. The summed E-state index contributed by atoms with van der Waals surface area (Å²) in [6.07, 6.45) is 1.62. The van der Waals surface area contributed by atoms with Gasteiger partial charge in [-0.25, -0.2) is 4.79 Å². The summed E-state index contributed by atoms with van der Waals surface area (Å²) in [4.78, 5) is 25.0. The van der Waals surface area contributed by atoms with Crippen molar-refractivity contribution in [3.63, 3.8) is 0 Å². The summed E-state index contributed by atoms with van der Waals surface area (Å²) in [5.74, 6) is -0.127. The fourth-order valence-corrected chi connectivity index (χ4v) is 3.25. The first-order chi connectivity index (χ1) is 9.97. The lowest BCUT2D eigenvalue weighted by Gasteiger charge is -2.35. The molecule has 0 aromatic rings. The minimum absolute atomic E-state index is 0.133. The number of likely N-dealkylation sites (tertiary alicyclic amines) is 1. The molecular weight excluding hydrogens is 272 g/mol. The van der Waals surface area contributed by atoms with E-state index in [1.165, 1.54) is 0 Å². The Bertz CT molecular complexity index is 388. The third-order valence-electron chi connectivity index (χ3n) is 4.63. The van der Waals surface area contributed by atoms with Gasteiger partial charge in [0.25, 0.3) is 0 Å². The number of carbonyl (C=O) groups is 2. The van der Waals surface area contributed by atoms with Gasteiger partial charge in [0.1, 0.15) is 0 Å². The van der Waals surface area contributed by atoms with Crippen molar-refractivity contribution in [3.8, 4) is 0 Å². The van der Waals surface area contributed by atoms with Crippen LogP contribution in [0.3, 0.4) is 0 Å². The normalized spacial score (nSPS) is 33.5. The summed E-state index contributed by atoms with van der Waals surface area (Å²) < 4.78 is 5.40. The third kappa shape index (κ3) is 4.33. The fourth-order valence-electron chi connectivity index (χ4n) is 3.25. The van der Waals surface area contributed by atoms with Gasteiger partial charge in [0.15, 0.2) is 0 Å². The molecule has 2 fully saturated rings. The molecule has 0 radical (unpaired) electrons. The van der Waals surface area contributed by atoms with Crippen LogP contribution in [0.5, 0.6) is 0 Å². The van der Waals surface area contributed by atoms with Crippen molar-refractivity contribution in [2.45, 2.75) is 26.7 Å². The Hall–Kier alpha value is -1.30. The minimum atomic E-state index is -0.808. The highest BCUT2D eigenvalue weighted by Crippen LogP contribution is 2.23. The molecule has 0 spiro atoms. The molecule has 0 aromatic heterocycles. The first-order valence-corrected chi connectivity index (χ1v) is 7.80. The molecule has 120 valence electrons. The molecule has 2 saturated heterocycles. The molecule has 6 heteroatoms. The lowest BCUT2D eigenvalue weighted by Crippen LogP contribution is -2.50. The van der Waals surface area contributed by atoms with Gasteiger partial charge in [-0.2, -0.15) is 0 Å². The Kier molecular flexibility index (Phi) is 5.45. The average Bonchev–Trinajstić information content (AvgIpc) is 2.45. The number of carboxylic acid groups (broad SMARTS) is 1. The molecule has 2 amide bonds. The van der Waals surface area contributed by atoms with E-state index in [1.807, 2.05) is 6.92 Å². The maximum atomic E-state index is 12.3. The quantitative estimate of drug-likeness (QED) is 0.826. The molecule has 2 aliphatic heterocycles. The first-order valence-electron chi connectivity index (χ1n) is 7.80. The van der Waals surface area contributed by atoms with Gasteiger partial charge in [0.2, 0.25) is 0 Å². The number of hydrogen-bond donors (Lipinski definition) is 2. The Morgan fingerprint density at radius 2 is 2.10 bits per heavy atom. The molecule has 2 N–H and O–H groups in total. The largest absolute Gasteiger partial charge is 0.481 e. The number of carbonyl (C=O) groups excluding carboxylic acids is 1. The molecule has 0 saturated carbocycles. The number of aliphatic carboxylic acids is 1. The van der Waals surface area contributed by atoms with Crippen molar-refractivity contribution in [1.29, 1.82) is 0 Å². The molecule has 4 unspecified atom stereocenters. The van der Waals surface area contributed by atoms with Crippen LogP contribution in [0.15, 0.2) is 0 Å². The SMILES string of the molecule is CC1CC(C(=O)O)CN(C(=O)NCC2CCOCC2C)C1. The highest BCUT2D eigenvalue weighted by atomic mass is 16.5. The molecule has 2 rings (SSSR count). The van der Waals surface area contributed by atoms with E-state index >= 15 is 0 Å². The predicted molar refractivity (Wildman–Crippen MR) is 78.0 cm³/mol. The lowest BCUT2D eigenvalue weighted by atomic mass is 9.89. The monoisotopic (exact) mass is 298 g/mol. The summed E-state index contributed by atoms with van der Waals surface area (Å²) in [5, 5.41) is 12.1. The molecular formula is C15H26N2O4. The average molecular weight is 298 g/mol. The Labute approximate surface area is 125 Å². The van der Waals surface area contributed by atoms with E-state index in [0.717, 1.165) is 19.6 Å². The summed E-state index contributed by atoms with van der Waals surface area (Å²) in [6, 6.07) is -0.133. The van der Waals surface area contributed by atoms with Crippen LogP contribution in [-0.2, 0) is 9.53 Å². The highest BCUT2D eigenvalue weighted by molar-refractivity contribution is 5.76. The van der Waals surface area contributed by atoms with Gasteiger partial charge in [-0.05, 0) is 30.6 Å². The van der Waals surface area contributed by atoms with E-state index in [0.29, 0.717) is 37.9 Å². The second-order valence-electron chi connectivity index (χ2n) is 6.57. The first kappa shape index (κ1) is 16.1. The maximum Gasteiger partial charge on any atom is 0.317 e. The number of amides is 2. The Morgan fingerprint density at radius 3 is 2.76 bits per heavy atom. The molecule has 0 aromatic carbocycles.